The lowest BCUT2D eigenvalue weighted by molar-refractivity contribution is 0.772. The molecule has 0 aliphatic heterocycles. The van der Waals surface area contributed by atoms with Gasteiger partial charge in [-0.3, -0.25) is 9.36 Å². The Labute approximate surface area is 188 Å². The van der Waals surface area contributed by atoms with Gasteiger partial charge in [0.25, 0.3) is 5.56 Å². The van der Waals surface area contributed by atoms with Crippen LogP contribution in [0.4, 0.5) is 11.8 Å². The van der Waals surface area contributed by atoms with Gasteiger partial charge in [0.05, 0.1) is 40.0 Å². The van der Waals surface area contributed by atoms with Crippen molar-refractivity contribution in [2.45, 2.75) is 13.0 Å². The summed E-state index contributed by atoms with van der Waals surface area (Å²) in [4.78, 5) is 21.5. The number of hydrogen-bond acceptors (Lipinski definition) is 7. The van der Waals surface area contributed by atoms with Crippen molar-refractivity contribution in [3.05, 3.63) is 86.9 Å². The van der Waals surface area contributed by atoms with E-state index in [1.807, 2.05) is 19.1 Å². The summed E-state index contributed by atoms with van der Waals surface area (Å²) in [6.45, 7) is 1.83. The molecule has 32 heavy (non-hydrogen) atoms. The summed E-state index contributed by atoms with van der Waals surface area (Å²) in [5.41, 5.74) is 7.10. The number of pyridine rings is 1. The summed E-state index contributed by atoms with van der Waals surface area (Å²) < 4.78 is 1.50. The highest BCUT2D eigenvalue weighted by Gasteiger charge is 2.19. The number of nitrogens with zero attached hydrogens (tertiary/aromatic N) is 5. The van der Waals surface area contributed by atoms with Crippen LogP contribution >= 0.6 is 11.6 Å². The van der Waals surface area contributed by atoms with Crippen LogP contribution in [0.5, 0.6) is 0 Å². The Morgan fingerprint density at radius 2 is 1.94 bits per heavy atom. The normalized spacial score (nSPS) is 11.5. The van der Waals surface area contributed by atoms with E-state index in [4.69, 9.17) is 17.3 Å². The summed E-state index contributed by atoms with van der Waals surface area (Å²) in [5.74, 6) is 0.270. The largest absolute Gasteiger partial charge is 0.368 e. The standard InChI is InChI=1S/C23H16ClN7O/c1-13(29-21-16(11-26)12-28-23(27)30-21)19-9-15-5-3-7-18(24)20(15)22(32)31(19)17-6-2-4-14(8-17)10-25/h2-9,12-13H,1H3,(H3,27,28,29,30)/t13-/m0/s1. The smallest absolute Gasteiger partial charge is 0.264 e. The highest BCUT2D eigenvalue weighted by Crippen LogP contribution is 2.27. The van der Waals surface area contributed by atoms with Gasteiger partial charge in [-0.15, -0.1) is 0 Å². The van der Waals surface area contributed by atoms with E-state index in [0.717, 1.165) is 0 Å². The lowest BCUT2D eigenvalue weighted by Gasteiger charge is -2.22. The van der Waals surface area contributed by atoms with Gasteiger partial charge < -0.3 is 11.1 Å². The third kappa shape index (κ3) is 3.71. The summed E-state index contributed by atoms with van der Waals surface area (Å²) >= 11 is 6.35. The Balaban J connectivity index is 1.96. The van der Waals surface area contributed by atoms with E-state index < -0.39 is 6.04 Å². The van der Waals surface area contributed by atoms with Crippen molar-refractivity contribution in [3.63, 3.8) is 0 Å². The number of halogens is 1. The number of nitriles is 2. The number of nitrogens with one attached hydrogen (secondary N) is 1. The lowest BCUT2D eigenvalue weighted by atomic mass is 10.1. The fraction of sp³-hybridized carbons (Fsp3) is 0.0870. The zero-order chi connectivity index (χ0) is 22.8. The number of hydrogen-bond donors (Lipinski definition) is 2. The third-order valence-electron chi connectivity index (χ3n) is 4.98. The van der Waals surface area contributed by atoms with E-state index in [0.29, 0.717) is 32.7 Å². The Bertz CT molecular complexity index is 1500. The average molecular weight is 442 g/mol. The molecular weight excluding hydrogens is 426 g/mol. The fourth-order valence-corrected chi connectivity index (χ4v) is 3.77. The van der Waals surface area contributed by atoms with Crippen LogP contribution in [0.1, 0.15) is 29.8 Å². The van der Waals surface area contributed by atoms with Crippen molar-refractivity contribution in [1.29, 1.82) is 10.5 Å². The molecule has 0 aliphatic carbocycles. The SMILES string of the molecule is C[C@H](Nc1nc(N)ncc1C#N)c1cc2cccc(Cl)c2c(=O)n1-c1cccc(C#N)c1. The van der Waals surface area contributed by atoms with Crippen molar-refractivity contribution in [2.75, 3.05) is 11.1 Å². The van der Waals surface area contributed by atoms with Crippen LogP contribution in [0, 0.1) is 22.7 Å². The lowest BCUT2D eigenvalue weighted by Crippen LogP contribution is -2.26. The zero-order valence-corrected chi connectivity index (χ0v) is 17.6. The maximum absolute atomic E-state index is 13.6. The first-order valence-corrected chi connectivity index (χ1v) is 9.94. The van der Waals surface area contributed by atoms with Crippen molar-refractivity contribution in [2.24, 2.45) is 0 Å². The summed E-state index contributed by atoms with van der Waals surface area (Å²) in [6.07, 6.45) is 1.33. The number of fused-ring (bicyclic) bond motifs is 1. The third-order valence-corrected chi connectivity index (χ3v) is 5.30. The highest BCUT2D eigenvalue weighted by molar-refractivity contribution is 6.35. The molecule has 0 bridgehead atoms. The molecule has 0 fully saturated rings. The molecule has 1 atom stereocenters. The molecule has 0 spiro atoms. The Morgan fingerprint density at radius 3 is 2.69 bits per heavy atom. The van der Waals surface area contributed by atoms with Crippen LogP contribution in [0.25, 0.3) is 16.5 Å². The number of aromatic nitrogens is 3. The fourth-order valence-electron chi connectivity index (χ4n) is 3.51. The molecule has 156 valence electrons. The minimum absolute atomic E-state index is 0.0168. The maximum Gasteiger partial charge on any atom is 0.264 e. The van der Waals surface area contributed by atoms with Crippen LogP contribution in [0.15, 0.2) is 59.5 Å². The predicted octanol–water partition coefficient (Wildman–Crippen LogP) is 3.93. The molecule has 0 saturated carbocycles. The second-order valence-corrected chi connectivity index (χ2v) is 7.45. The first-order chi connectivity index (χ1) is 15.4. The maximum atomic E-state index is 13.6. The van der Waals surface area contributed by atoms with Crippen LogP contribution in [0.3, 0.4) is 0 Å². The molecule has 0 amide bonds. The van der Waals surface area contributed by atoms with Gasteiger partial charge in [0.1, 0.15) is 17.5 Å². The topological polar surface area (TPSA) is 133 Å². The Kier molecular flexibility index (Phi) is 5.46. The number of rotatable bonds is 4. The summed E-state index contributed by atoms with van der Waals surface area (Å²) in [7, 11) is 0. The van der Waals surface area contributed by atoms with Gasteiger partial charge >= 0.3 is 0 Å². The van der Waals surface area contributed by atoms with Crippen LogP contribution < -0.4 is 16.6 Å². The van der Waals surface area contributed by atoms with Gasteiger partial charge in [0, 0.05) is 5.69 Å². The van der Waals surface area contributed by atoms with E-state index in [2.05, 4.69) is 21.4 Å². The molecule has 0 radical (unpaired) electrons. The van der Waals surface area contributed by atoms with Crippen LogP contribution in [0.2, 0.25) is 5.02 Å². The first kappa shape index (κ1) is 20.9. The molecule has 0 unspecified atom stereocenters. The summed E-state index contributed by atoms with van der Waals surface area (Å²) in [5, 5.41) is 23.2. The van der Waals surface area contributed by atoms with E-state index in [1.165, 1.54) is 10.8 Å². The van der Waals surface area contributed by atoms with Crippen LogP contribution in [-0.2, 0) is 0 Å². The van der Waals surface area contributed by atoms with Crippen molar-refractivity contribution < 1.29 is 0 Å². The van der Waals surface area contributed by atoms with E-state index >= 15 is 0 Å². The molecule has 8 nitrogen and oxygen atoms in total. The number of nitrogens with two attached hydrogens (primary N) is 1. The minimum Gasteiger partial charge on any atom is -0.368 e. The molecule has 4 aromatic rings. The van der Waals surface area contributed by atoms with Gasteiger partial charge in [0.2, 0.25) is 5.95 Å². The highest BCUT2D eigenvalue weighted by atomic mass is 35.5. The molecule has 4 rings (SSSR count). The number of benzene rings is 2. The predicted molar refractivity (Wildman–Crippen MR) is 122 cm³/mol. The van der Waals surface area contributed by atoms with Gasteiger partial charge in [-0.05, 0) is 42.6 Å². The monoisotopic (exact) mass is 441 g/mol. The van der Waals surface area contributed by atoms with E-state index in [-0.39, 0.29) is 22.9 Å². The average Bonchev–Trinajstić information content (AvgIpc) is 2.79. The molecule has 2 heterocycles. The number of nitrogen functional groups attached to an aromatic ring is 1. The second-order valence-electron chi connectivity index (χ2n) is 7.04. The van der Waals surface area contributed by atoms with Gasteiger partial charge in [-0.25, -0.2) is 4.98 Å². The molecule has 3 N–H and O–H groups in total. The van der Waals surface area contributed by atoms with Gasteiger partial charge in [0.15, 0.2) is 0 Å². The number of anilines is 2. The molecular formula is C23H16ClN7O. The van der Waals surface area contributed by atoms with Crippen molar-refractivity contribution >= 4 is 34.1 Å². The minimum atomic E-state index is -0.474. The first-order valence-electron chi connectivity index (χ1n) is 9.56. The van der Waals surface area contributed by atoms with Crippen molar-refractivity contribution in [3.8, 4) is 17.8 Å². The Hall–Kier alpha value is -4.40. The Morgan fingerprint density at radius 1 is 1.16 bits per heavy atom. The van der Waals surface area contributed by atoms with Crippen molar-refractivity contribution in [1.82, 2.24) is 14.5 Å². The molecule has 2 aromatic carbocycles. The van der Waals surface area contributed by atoms with E-state index in [9.17, 15) is 15.3 Å². The van der Waals surface area contributed by atoms with Gasteiger partial charge in [-0.2, -0.15) is 15.5 Å². The molecule has 9 heteroatoms. The second kappa shape index (κ2) is 8.38. The zero-order valence-electron chi connectivity index (χ0n) is 16.9. The molecule has 0 aliphatic rings. The summed E-state index contributed by atoms with van der Waals surface area (Å²) in [6, 6.07) is 17.5. The van der Waals surface area contributed by atoms with Crippen LogP contribution in [-0.4, -0.2) is 14.5 Å². The molecule has 2 aromatic heterocycles. The quantitative estimate of drug-likeness (QED) is 0.490. The van der Waals surface area contributed by atoms with Gasteiger partial charge in [-0.1, -0.05) is 29.8 Å². The van der Waals surface area contributed by atoms with E-state index in [1.54, 1.807) is 42.5 Å². The molecule has 0 saturated heterocycles.